The fourth-order valence-electron chi connectivity index (χ4n) is 3.00. The van der Waals surface area contributed by atoms with Gasteiger partial charge in [-0.2, -0.15) is 0 Å². The summed E-state index contributed by atoms with van der Waals surface area (Å²) in [6.07, 6.45) is 2.00. The van der Waals surface area contributed by atoms with E-state index in [-0.39, 0.29) is 81.3 Å². The molecular weight excluding hydrogens is 462 g/mol. The van der Waals surface area contributed by atoms with Crippen LogP contribution in [0.2, 0.25) is 0 Å². The van der Waals surface area contributed by atoms with E-state index in [2.05, 4.69) is 4.52 Å². The molecular formula is C20H20FNNa2O7P+. The average molecular weight is 482 g/mol. The van der Waals surface area contributed by atoms with E-state index in [1.54, 1.807) is 24.3 Å². The molecule has 1 heterocycles. The second-order valence-electron chi connectivity index (χ2n) is 6.41. The molecule has 3 aromatic rings. The van der Waals surface area contributed by atoms with Crippen molar-refractivity contribution < 1.29 is 91.9 Å². The average Bonchev–Trinajstić information content (AvgIpc) is 2.72. The summed E-state index contributed by atoms with van der Waals surface area (Å²) < 4.78 is 42.3. The Bertz CT molecular complexity index is 1170. The number of hydrogen-bond acceptors (Lipinski definition) is 6. The fourth-order valence-corrected chi connectivity index (χ4v) is 3.27. The van der Waals surface area contributed by atoms with E-state index in [0.29, 0.717) is 24.3 Å². The first-order valence-corrected chi connectivity index (χ1v) is 10.6. The summed E-state index contributed by atoms with van der Waals surface area (Å²) in [5.74, 6) is -0.0385. The van der Waals surface area contributed by atoms with Crippen molar-refractivity contribution in [3.05, 3.63) is 58.6 Å². The van der Waals surface area contributed by atoms with Gasteiger partial charge < -0.3 is 23.8 Å². The molecule has 0 saturated carbocycles. The molecule has 0 aliphatic rings. The van der Waals surface area contributed by atoms with Crippen LogP contribution in [-0.4, -0.2) is 23.2 Å². The number of hydrogen-bond donors (Lipinski definition) is 1. The van der Waals surface area contributed by atoms with E-state index in [0.717, 1.165) is 6.07 Å². The fraction of sp³-hybridized carbons (Fsp3) is 0.250. The van der Waals surface area contributed by atoms with Crippen LogP contribution in [0.25, 0.3) is 22.0 Å². The van der Waals surface area contributed by atoms with E-state index < -0.39 is 25.8 Å². The number of pyridine rings is 1. The topological polar surface area (TPSA) is 110 Å². The number of benzene rings is 2. The van der Waals surface area contributed by atoms with Crippen LogP contribution in [0.1, 0.15) is 13.3 Å². The predicted octanol–water partition coefficient (Wildman–Crippen LogP) is -2.95. The largest absolute Gasteiger partial charge is 1.00 e. The van der Waals surface area contributed by atoms with Crippen molar-refractivity contribution in [2.75, 3.05) is 13.7 Å². The maximum atomic E-state index is 14.7. The zero-order valence-corrected chi connectivity index (χ0v) is 23.2. The molecule has 2 aromatic carbocycles. The Hall–Kier alpha value is -0.710. The van der Waals surface area contributed by atoms with Gasteiger partial charge in [0.15, 0.2) is 5.43 Å². The molecule has 32 heavy (non-hydrogen) atoms. The molecule has 8 nitrogen and oxygen atoms in total. The molecule has 0 amide bonds. The van der Waals surface area contributed by atoms with Gasteiger partial charge in [0.1, 0.15) is 24.0 Å². The Balaban J connectivity index is 0.00000256. The number of phosphoric ester groups is 1. The summed E-state index contributed by atoms with van der Waals surface area (Å²) in [5.41, 5.74) is 0.00308. The second-order valence-corrected chi connectivity index (χ2v) is 7.61. The smallest absolute Gasteiger partial charge is 0.756 e. The molecule has 0 fully saturated rings. The zero-order valence-electron chi connectivity index (χ0n) is 18.3. The van der Waals surface area contributed by atoms with Gasteiger partial charge in [-0.25, -0.2) is 4.39 Å². The van der Waals surface area contributed by atoms with Crippen LogP contribution in [0.4, 0.5) is 4.39 Å². The molecule has 160 valence electrons. The van der Waals surface area contributed by atoms with Gasteiger partial charge in [0, 0.05) is 11.8 Å². The molecule has 12 heteroatoms. The normalized spacial score (nSPS) is 12.4. The Morgan fingerprint density at radius 3 is 2.38 bits per heavy atom. The number of rotatable bonds is 8. The molecule has 1 unspecified atom stereocenters. The van der Waals surface area contributed by atoms with E-state index in [4.69, 9.17) is 14.4 Å². The summed E-state index contributed by atoms with van der Waals surface area (Å²) in [6, 6.07) is 8.97. The summed E-state index contributed by atoms with van der Waals surface area (Å²) in [6.45, 7) is 1.50. The number of phosphoric acid groups is 1. The third-order valence-corrected chi connectivity index (χ3v) is 4.80. The number of ether oxygens (including phenoxy) is 2. The van der Waals surface area contributed by atoms with Gasteiger partial charge in [-0.3, -0.25) is 13.9 Å². The Kier molecular flexibility index (Phi) is 11.6. The van der Waals surface area contributed by atoms with Crippen LogP contribution in [0.3, 0.4) is 0 Å². The van der Waals surface area contributed by atoms with E-state index in [1.807, 2.05) is 6.92 Å². The van der Waals surface area contributed by atoms with E-state index >= 15 is 0 Å². The van der Waals surface area contributed by atoms with Crippen molar-refractivity contribution >= 4 is 18.7 Å². The standard InChI is InChI=1S/C20H21FNO7P.2Na/c1-3-10-28-17-9-8-16(21)18-19(17)22(12-29-30(24,25)26)11-15(20(18)23)13-4-6-14(27-2)7-5-13;;/h4-9,11H,3,10,12H2,1-2H3,(H2,24,25,26);;/q;2*+1/p-1. The molecule has 0 saturated heterocycles. The number of fused-ring (bicyclic) bond motifs is 1. The van der Waals surface area contributed by atoms with Gasteiger partial charge in [0.25, 0.3) is 7.82 Å². The molecule has 1 N–H and O–H groups in total. The van der Waals surface area contributed by atoms with Crippen molar-refractivity contribution in [1.29, 1.82) is 0 Å². The molecule has 1 atom stereocenters. The quantitative estimate of drug-likeness (QED) is 0.270. The molecule has 0 spiro atoms. The van der Waals surface area contributed by atoms with Crippen molar-refractivity contribution in [2.24, 2.45) is 0 Å². The number of halogens is 1. The van der Waals surface area contributed by atoms with E-state index in [9.17, 15) is 18.6 Å². The van der Waals surface area contributed by atoms with Crippen LogP contribution in [0, 0.1) is 5.82 Å². The zero-order chi connectivity index (χ0) is 21.9. The van der Waals surface area contributed by atoms with Crippen LogP contribution >= 0.6 is 7.82 Å². The number of aromatic nitrogens is 1. The van der Waals surface area contributed by atoms with Crippen molar-refractivity contribution in [3.8, 4) is 22.6 Å². The predicted molar refractivity (Wildman–Crippen MR) is 107 cm³/mol. The Morgan fingerprint density at radius 2 is 1.81 bits per heavy atom. The maximum Gasteiger partial charge on any atom is 1.00 e. The van der Waals surface area contributed by atoms with Gasteiger partial charge in [-0.1, -0.05) is 19.1 Å². The SMILES string of the molecule is CCCOc1ccc(F)c2c(=O)c(-c3ccc(OC)cc3)cn(COP(=O)([O-])O)c12.[Na+].[Na+]. The molecule has 0 aliphatic carbocycles. The molecule has 1 aromatic heterocycles. The second kappa shape index (κ2) is 12.7. The minimum atomic E-state index is -5.07. The van der Waals surface area contributed by atoms with Gasteiger partial charge >= 0.3 is 59.1 Å². The maximum absolute atomic E-state index is 14.7. The first-order chi connectivity index (χ1) is 14.2. The number of nitrogens with zero attached hydrogens (tertiary/aromatic N) is 1. The monoisotopic (exact) mass is 482 g/mol. The van der Waals surface area contributed by atoms with Gasteiger partial charge in [-0.15, -0.1) is 0 Å². The third kappa shape index (κ3) is 6.90. The first kappa shape index (κ1) is 29.3. The number of methoxy groups -OCH3 is 1. The van der Waals surface area contributed by atoms with Crippen LogP contribution in [-0.2, 0) is 15.8 Å². The third-order valence-electron chi connectivity index (χ3n) is 4.36. The molecule has 3 rings (SSSR count). The molecule has 0 radical (unpaired) electrons. The van der Waals surface area contributed by atoms with Crippen molar-refractivity contribution in [1.82, 2.24) is 4.57 Å². The van der Waals surface area contributed by atoms with Crippen molar-refractivity contribution in [2.45, 2.75) is 20.1 Å². The summed E-state index contributed by atoms with van der Waals surface area (Å²) >= 11 is 0. The summed E-state index contributed by atoms with van der Waals surface area (Å²) in [4.78, 5) is 33.3. The summed E-state index contributed by atoms with van der Waals surface area (Å²) in [5, 5.41) is -0.279. The minimum absolute atomic E-state index is 0. The van der Waals surface area contributed by atoms with Crippen molar-refractivity contribution in [3.63, 3.8) is 0 Å². The summed E-state index contributed by atoms with van der Waals surface area (Å²) in [7, 11) is -3.57. The Morgan fingerprint density at radius 1 is 1.16 bits per heavy atom. The Labute approximate surface area is 228 Å². The van der Waals surface area contributed by atoms with Crippen LogP contribution in [0.15, 0.2) is 47.4 Å². The van der Waals surface area contributed by atoms with Crippen LogP contribution < -0.4 is 78.9 Å². The first-order valence-electron chi connectivity index (χ1n) is 9.06. The molecule has 0 aliphatic heterocycles. The van der Waals surface area contributed by atoms with Gasteiger partial charge in [0.2, 0.25) is 0 Å². The van der Waals surface area contributed by atoms with Gasteiger partial charge in [0.05, 0.1) is 24.6 Å². The minimum Gasteiger partial charge on any atom is -0.756 e. The van der Waals surface area contributed by atoms with Gasteiger partial charge in [-0.05, 0) is 36.2 Å². The van der Waals surface area contributed by atoms with Crippen LogP contribution in [0.5, 0.6) is 11.5 Å². The van der Waals surface area contributed by atoms with E-state index in [1.165, 1.54) is 23.9 Å². The molecule has 0 bridgehead atoms.